The first-order valence-electron chi connectivity index (χ1n) is 4.95. The Balaban J connectivity index is 2.16. The van der Waals surface area contributed by atoms with Gasteiger partial charge < -0.3 is 15.4 Å². The molecule has 5 nitrogen and oxygen atoms in total. The van der Waals surface area contributed by atoms with Gasteiger partial charge in [0.05, 0.1) is 6.61 Å². The first-order chi connectivity index (χ1) is 6.74. The second-order valence-electron chi connectivity index (χ2n) is 3.27. The standard InChI is InChI=1S/C9H16N2O3/c1-2-3-6-14-9(13)11-7-4-5-10-8(7)12/h7H,2-6H2,1H3,(H,10,12)(H,11,13). The molecule has 14 heavy (non-hydrogen) atoms. The van der Waals surface area contributed by atoms with Crippen molar-refractivity contribution in [3.05, 3.63) is 0 Å². The van der Waals surface area contributed by atoms with Gasteiger partial charge in [0.2, 0.25) is 5.91 Å². The van der Waals surface area contributed by atoms with Gasteiger partial charge in [-0.15, -0.1) is 0 Å². The predicted octanol–water partition coefficient (Wildman–Crippen LogP) is 0.401. The smallest absolute Gasteiger partial charge is 0.407 e. The average molecular weight is 200 g/mol. The van der Waals surface area contributed by atoms with E-state index in [4.69, 9.17) is 4.74 Å². The zero-order valence-electron chi connectivity index (χ0n) is 8.34. The topological polar surface area (TPSA) is 67.4 Å². The maximum atomic E-state index is 11.1. The molecule has 1 aliphatic rings. The molecule has 0 aromatic carbocycles. The number of carbonyl (C=O) groups is 2. The SMILES string of the molecule is CCCCOC(=O)NC1CCNC1=O. The molecule has 1 aliphatic heterocycles. The van der Waals surface area contributed by atoms with E-state index in [-0.39, 0.29) is 5.91 Å². The number of hydrogen-bond donors (Lipinski definition) is 2. The lowest BCUT2D eigenvalue weighted by Gasteiger charge is -2.09. The van der Waals surface area contributed by atoms with Crippen LogP contribution in [0.1, 0.15) is 26.2 Å². The van der Waals surface area contributed by atoms with Gasteiger partial charge in [-0.05, 0) is 12.8 Å². The fourth-order valence-electron chi connectivity index (χ4n) is 1.22. The lowest BCUT2D eigenvalue weighted by molar-refractivity contribution is -0.120. The molecule has 5 heteroatoms. The summed E-state index contributed by atoms with van der Waals surface area (Å²) in [5.41, 5.74) is 0. The maximum Gasteiger partial charge on any atom is 0.407 e. The van der Waals surface area contributed by atoms with E-state index >= 15 is 0 Å². The third-order valence-corrected chi connectivity index (χ3v) is 2.07. The average Bonchev–Trinajstić information content (AvgIpc) is 2.52. The van der Waals surface area contributed by atoms with E-state index in [9.17, 15) is 9.59 Å². The van der Waals surface area contributed by atoms with E-state index in [0.29, 0.717) is 19.6 Å². The molecule has 2 amide bonds. The monoisotopic (exact) mass is 200 g/mol. The second kappa shape index (κ2) is 5.47. The van der Waals surface area contributed by atoms with Gasteiger partial charge in [-0.3, -0.25) is 4.79 Å². The highest BCUT2D eigenvalue weighted by Crippen LogP contribution is 1.99. The van der Waals surface area contributed by atoms with Crippen molar-refractivity contribution in [1.82, 2.24) is 10.6 Å². The highest BCUT2D eigenvalue weighted by molar-refractivity contribution is 5.87. The molecule has 0 aromatic rings. The number of carbonyl (C=O) groups excluding carboxylic acids is 2. The van der Waals surface area contributed by atoms with Crippen LogP contribution in [0.2, 0.25) is 0 Å². The van der Waals surface area contributed by atoms with E-state index in [2.05, 4.69) is 10.6 Å². The second-order valence-corrected chi connectivity index (χ2v) is 3.27. The van der Waals surface area contributed by atoms with E-state index < -0.39 is 12.1 Å². The van der Waals surface area contributed by atoms with Crippen LogP contribution in [-0.2, 0) is 9.53 Å². The lowest BCUT2D eigenvalue weighted by Crippen LogP contribution is -2.40. The Labute approximate surface area is 83.2 Å². The zero-order chi connectivity index (χ0) is 10.4. The Kier molecular flexibility index (Phi) is 4.22. The zero-order valence-corrected chi connectivity index (χ0v) is 8.34. The quantitative estimate of drug-likeness (QED) is 0.645. The molecule has 2 N–H and O–H groups in total. The van der Waals surface area contributed by atoms with Gasteiger partial charge in [-0.1, -0.05) is 13.3 Å². The van der Waals surface area contributed by atoms with Crippen molar-refractivity contribution in [3.63, 3.8) is 0 Å². The number of amides is 2. The number of hydrogen-bond acceptors (Lipinski definition) is 3. The Bertz CT molecular complexity index is 218. The molecule has 1 unspecified atom stereocenters. The lowest BCUT2D eigenvalue weighted by atomic mass is 10.2. The molecular weight excluding hydrogens is 184 g/mol. The Morgan fingerprint density at radius 3 is 3.07 bits per heavy atom. The molecule has 1 fully saturated rings. The summed E-state index contributed by atoms with van der Waals surface area (Å²) in [6.45, 7) is 3.06. The summed E-state index contributed by atoms with van der Waals surface area (Å²) in [6, 6.07) is -0.413. The van der Waals surface area contributed by atoms with E-state index in [1.165, 1.54) is 0 Å². The number of rotatable bonds is 4. The van der Waals surface area contributed by atoms with Crippen LogP contribution < -0.4 is 10.6 Å². The minimum Gasteiger partial charge on any atom is -0.450 e. The Hall–Kier alpha value is -1.26. The van der Waals surface area contributed by atoms with Gasteiger partial charge in [0.25, 0.3) is 0 Å². The van der Waals surface area contributed by atoms with Crippen molar-refractivity contribution >= 4 is 12.0 Å². The van der Waals surface area contributed by atoms with Crippen LogP contribution in [0.3, 0.4) is 0 Å². The van der Waals surface area contributed by atoms with Crippen LogP contribution in [-0.4, -0.2) is 31.2 Å². The highest BCUT2D eigenvalue weighted by Gasteiger charge is 2.25. The number of nitrogens with one attached hydrogen (secondary N) is 2. The van der Waals surface area contributed by atoms with Gasteiger partial charge in [0.1, 0.15) is 6.04 Å². The molecule has 0 saturated carbocycles. The fourth-order valence-corrected chi connectivity index (χ4v) is 1.22. The molecule has 1 atom stereocenters. The summed E-state index contributed by atoms with van der Waals surface area (Å²) < 4.78 is 4.86. The van der Waals surface area contributed by atoms with Gasteiger partial charge in [-0.25, -0.2) is 4.79 Å². The van der Waals surface area contributed by atoms with Crippen LogP contribution >= 0.6 is 0 Å². The molecule has 1 rings (SSSR count). The predicted molar refractivity (Wildman–Crippen MR) is 50.8 cm³/mol. The van der Waals surface area contributed by atoms with E-state index in [0.717, 1.165) is 12.8 Å². The van der Waals surface area contributed by atoms with Crippen LogP contribution in [0.5, 0.6) is 0 Å². The minimum absolute atomic E-state index is 0.127. The summed E-state index contributed by atoms with van der Waals surface area (Å²) in [7, 11) is 0. The summed E-state index contributed by atoms with van der Waals surface area (Å²) >= 11 is 0. The van der Waals surface area contributed by atoms with Crippen molar-refractivity contribution in [2.45, 2.75) is 32.2 Å². The number of unbranched alkanes of at least 4 members (excludes halogenated alkanes) is 1. The molecule has 1 saturated heterocycles. The van der Waals surface area contributed by atoms with Crippen molar-refractivity contribution in [1.29, 1.82) is 0 Å². The summed E-state index contributed by atoms with van der Waals surface area (Å²) in [5.74, 6) is -0.127. The van der Waals surface area contributed by atoms with Crippen molar-refractivity contribution in [2.24, 2.45) is 0 Å². The maximum absolute atomic E-state index is 11.1. The normalized spacial score (nSPS) is 20.4. The van der Waals surface area contributed by atoms with Crippen molar-refractivity contribution in [2.75, 3.05) is 13.2 Å². The molecule has 1 heterocycles. The fraction of sp³-hybridized carbons (Fsp3) is 0.778. The Morgan fingerprint density at radius 1 is 1.71 bits per heavy atom. The van der Waals surface area contributed by atoms with Gasteiger partial charge in [0.15, 0.2) is 0 Å². The van der Waals surface area contributed by atoms with Crippen LogP contribution in [0.15, 0.2) is 0 Å². The first-order valence-corrected chi connectivity index (χ1v) is 4.95. The van der Waals surface area contributed by atoms with E-state index in [1.54, 1.807) is 0 Å². The van der Waals surface area contributed by atoms with Gasteiger partial charge >= 0.3 is 6.09 Å². The molecular formula is C9H16N2O3. The molecule has 0 spiro atoms. The Morgan fingerprint density at radius 2 is 2.50 bits per heavy atom. The summed E-state index contributed by atoms with van der Waals surface area (Å²) in [4.78, 5) is 22.2. The van der Waals surface area contributed by atoms with Crippen LogP contribution in [0.25, 0.3) is 0 Å². The highest BCUT2D eigenvalue weighted by atomic mass is 16.5. The first kappa shape index (κ1) is 10.8. The van der Waals surface area contributed by atoms with Gasteiger partial charge in [0, 0.05) is 6.54 Å². The third kappa shape index (κ3) is 3.24. The van der Waals surface area contributed by atoms with Gasteiger partial charge in [-0.2, -0.15) is 0 Å². The molecule has 0 bridgehead atoms. The van der Waals surface area contributed by atoms with E-state index in [1.807, 2.05) is 6.92 Å². The summed E-state index contributed by atoms with van der Waals surface area (Å²) in [6.07, 6.45) is 1.98. The summed E-state index contributed by atoms with van der Waals surface area (Å²) in [5, 5.41) is 5.15. The van der Waals surface area contributed by atoms with Crippen LogP contribution in [0.4, 0.5) is 4.79 Å². The molecule has 0 aliphatic carbocycles. The minimum atomic E-state index is -0.500. The van der Waals surface area contributed by atoms with Crippen LogP contribution in [0, 0.1) is 0 Å². The molecule has 0 radical (unpaired) electrons. The number of alkyl carbamates (subject to hydrolysis) is 1. The largest absolute Gasteiger partial charge is 0.450 e. The van der Waals surface area contributed by atoms with Crippen molar-refractivity contribution < 1.29 is 14.3 Å². The molecule has 0 aromatic heterocycles. The molecule has 80 valence electrons. The van der Waals surface area contributed by atoms with Crippen molar-refractivity contribution in [3.8, 4) is 0 Å². The third-order valence-electron chi connectivity index (χ3n) is 2.07. The number of ether oxygens (including phenoxy) is 1.